The summed E-state index contributed by atoms with van der Waals surface area (Å²) in [7, 11) is 0. The standard InChI is InChI=1S/C14H21F3N2O/c1-10(2)19(9-14(15,16)17)8-11-5-6-20-13(11)7-18-12-3-4-12/h5-6,10,12,18H,3-4,7-9H2,1-2H3. The molecule has 1 aromatic rings. The van der Waals surface area contributed by atoms with Crippen molar-refractivity contribution in [2.45, 2.75) is 58.0 Å². The second-order valence-corrected chi connectivity index (χ2v) is 5.64. The molecule has 0 atom stereocenters. The number of nitrogens with zero attached hydrogens (tertiary/aromatic N) is 1. The summed E-state index contributed by atoms with van der Waals surface area (Å²) in [5.74, 6) is 0.740. The molecular formula is C14H21F3N2O. The third kappa shape index (κ3) is 4.83. The molecule has 1 aliphatic carbocycles. The van der Waals surface area contributed by atoms with E-state index in [-0.39, 0.29) is 12.6 Å². The normalized spacial score (nSPS) is 16.4. The molecule has 1 N–H and O–H groups in total. The van der Waals surface area contributed by atoms with Gasteiger partial charge in [-0.1, -0.05) is 0 Å². The molecule has 0 aromatic carbocycles. The predicted molar refractivity (Wildman–Crippen MR) is 70.2 cm³/mol. The van der Waals surface area contributed by atoms with Gasteiger partial charge in [0.1, 0.15) is 5.76 Å². The summed E-state index contributed by atoms with van der Waals surface area (Å²) >= 11 is 0. The topological polar surface area (TPSA) is 28.4 Å². The van der Waals surface area contributed by atoms with Gasteiger partial charge in [0, 0.05) is 24.2 Å². The van der Waals surface area contributed by atoms with Crippen LogP contribution in [-0.4, -0.2) is 29.7 Å². The molecule has 0 radical (unpaired) electrons. The van der Waals surface area contributed by atoms with Crippen molar-refractivity contribution in [2.75, 3.05) is 6.54 Å². The van der Waals surface area contributed by atoms with Gasteiger partial charge in [0.2, 0.25) is 0 Å². The number of furan rings is 1. The largest absolute Gasteiger partial charge is 0.468 e. The zero-order chi connectivity index (χ0) is 14.8. The first kappa shape index (κ1) is 15.4. The summed E-state index contributed by atoms with van der Waals surface area (Å²) in [4.78, 5) is 1.41. The zero-order valence-electron chi connectivity index (χ0n) is 11.8. The fraction of sp³-hybridized carbons (Fsp3) is 0.714. The smallest absolute Gasteiger partial charge is 0.401 e. The maximum atomic E-state index is 12.6. The minimum Gasteiger partial charge on any atom is -0.468 e. The quantitative estimate of drug-likeness (QED) is 0.835. The van der Waals surface area contributed by atoms with Gasteiger partial charge in [0.25, 0.3) is 0 Å². The summed E-state index contributed by atoms with van der Waals surface area (Å²) in [6.45, 7) is 3.49. The molecule has 0 bridgehead atoms. The van der Waals surface area contributed by atoms with Crippen molar-refractivity contribution >= 4 is 0 Å². The minimum atomic E-state index is -4.18. The molecule has 0 saturated heterocycles. The molecule has 20 heavy (non-hydrogen) atoms. The van der Waals surface area contributed by atoms with Crippen LogP contribution in [-0.2, 0) is 13.1 Å². The van der Waals surface area contributed by atoms with E-state index >= 15 is 0 Å². The lowest BCUT2D eigenvalue weighted by atomic mass is 10.2. The van der Waals surface area contributed by atoms with E-state index in [0.717, 1.165) is 11.3 Å². The Morgan fingerprint density at radius 3 is 2.65 bits per heavy atom. The minimum absolute atomic E-state index is 0.171. The van der Waals surface area contributed by atoms with E-state index in [1.165, 1.54) is 17.7 Å². The van der Waals surface area contributed by atoms with Gasteiger partial charge in [-0.15, -0.1) is 0 Å². The fourth-order valence-corrected chi connectivity index (χ4v) is 2.06. The van der Waals surface area contributed by atoms with E-state index in [1.807, 2.05) is 0 Å². The first-order chi connectivity index (χ1) is 9.35. The van der Waals surface area contributed by atoms with Gasteiger partial charge in [-0.05, 0) is 32.8 Å². The summed E-state index contributed by atoms with van der Waals surface area (Å²) < 4.78 is 43.1. The molecule has 1 heterocycles. The number of hydrogen-bond acceptors (Lipinski definition) is 3. The lowest BCUT2D eigenvalue weighted by molar-refractivity contribution is -0.150. The SMILES string of the molecule is CC(C)N(Cc1ccoc1CNC1CC1)CC(F)(F)F. The van der Waals surface area contributed by atoms with Crippen LogP contribution in [0.25, 0.3) is 0 Å². The Kier molecular flexibility index (Phi) is 4.75. The lowest BCUT2D eigenvalue weighted by Crippen LogP contribution is -2.38. The first-order valence-corrected chi connectivity index (χ1v) is 6.94. The van der Waals surface area contributed by atoms with Crippen LogP contribution in [0.5, 0.6) is 0 Å². The van der Waals surface area contributed by atoms with Crippen molar-refractivity contribution in [1.29, 1.82) is 0 Å². The van der Waals surface area contributed by atoms with Gasteiger partial charge in [-0.25, -0.2) is 0 Å². The summed E-state index contributed by atoms with van der Waals surface area (Å²) in [6.07, 6.45) is -0.295. The molecule has 1 fully saturated rings. The van der Waals surface area contributed by atoms with Gasteiger partial charge in [0.15, 0.2) is 0 Å². The molecule has 2 rings (SSSR count). The van der Waals surface area contributed by atoms with Crippen LogP contribution in [0.3, 0.4) is 0 Å². The first-order valence-electron chi connectivity index (χ1n) is 6.94. The van der Waals surface area contributed by atoms with Gasteiger partial charge in [-0.3, -0.25) is 4.90 Å². The monoisotopic (exact) mass is 290 g/mol. The van der Waals surface area contributed by atoms with E-state index in [0.29, 0.717) is 12.6 Å². The van der Waals surface area contributed by atoms with Crippen LogP contribution < -0.4 is 5.32 Å². The number of halogens is 3. The van der Waals surface area contributed by atoms with Gasteiger partial charge in [0.05, 0.1) is 19.4 Å². The van der Waals surface area contributed by atoms with Crippen molar-refractivity contribution in [3.63, 3.8) is 0 Å². The highest BCUT2D eigenvalue weighted by Gasteiger charge is 2.32. The molecule has 114 valence electrons. The summed E-state index contributed by atoms with van der Waals surface area (Å²) in [5, 5.41) is 3.32. The van der Waals surface area contributed by atoms with Crippen LogP contribution in [0.4, 0.5) is 13.2 Å². The van der Waals surface area contributed by atoms with E-state index in [2.05, 4.69) is 5.32 Å². The summed E-state index contributed by atoms with van der Waals surface area (Å²) in [5.41, 5.74) is 0.830. The van der Waals surface area contributed by atoms with Gasteiger partial charge < -0.3 is 9.73 Å². The second-order valence-electron chi connectivity index (χ2n) is 5.64. The highest BCUT2D eigenvalue weighted by Crippen LogP contribution is 2.23. The number of hydrogen-bond donors (Lipinski definition) is 1. The second kappa shape index (κ2) is 6.18. The Labute approximate surface area is 117 Å². The van der Waals surface area contributed by atoms with Gasteiger partial charge >= 0.3 is 6.18 Å². The maximum absolute atomic E-state index is 12.6. The molecule has 1 aliphatic rings. The number of nitrogens with one attached hydrogen (secondary N) is 1. The molecule has 0 amide bonds. The zero-order valence-corrected chi connectivity index (χ0v) is 11.8. The Hall–Kier alpha value is -1.01. The molecular weight excluding hydrogens is 269 g/mol. The van der Waals surface area contributed by atoms with Crippen molar-refractivity contribution in [2.24, 2.45) is 0 Å². The van der Waals surface area contributed by atoms with Crippen LogP contribution in [0.2, 0.25) is 0 Å². The van der Waals surface area contributed by atoms with Crippen molar-refractivity contribution < 1.29 is 17.6 Å². The molecule has 0 aliphatic heterocycles. The highest BCUT2D eigenvalue weighted by atomic mass is 19.4. The lowest BCUT2D eigenvalue weighted by Gasteiger charge is -2.27. The fourth-order valence-electron chi connectivity index (χ4n) is 2.06. The van der Waals surface area contributed by atoms with E-state index in [9.17, 15) is 13.2 Å². The number of rotatable bonds is 7. The Morgan fingerprint density at radius 1 is 1.40 bits per heavy atom. The van der Waals surface area contributed by atoms with E-state index in [4.69, 9.17) is 4.42 Å². The van der Waals surface area contributed by atoms with Crippen molar-refractivity contribution in [3.8, 4) is 0 Å². The van der Waals surface area contributed by atoms with E-state index in [1.54, 1.807) is 26.2 Å². The van der Waals surface area contributed by atoms with Crippen LogP contribution >= 0.6 is 0 Å². The van der Waals surface area contributed by atoms with Crippen LogP contribution in [0.15, 0.2) is 16.7 Å². The average molecular weight is 290 g/mol. The van der Waals surface area contributed by atoms with Crippen molar-refractivity contribution in [3.05, 3.63) is 23.7 Å². The maximum Gasteiger partial charge on any atom is 0.401 e. The average Bonchev–Trinajstić information content (AvgIpc) is 3.05. The van der Waals surface area contributed by atoms with Gasteiger partial charge in [-0.2, -0.15) is 13.2 Å². The summed E-state index contributed by atoms with van der Waals surface area (Å²) in [6, 6.07) is 2.13. The molecule has 3 nitrogen and oxygen atoms in total. The molecule has 0 unspecified atom stereocenters. The third-order valence-corrected chi connectivity index (χ3v) is 3.45. The third-order valence-electron chi connectivity index (χ3n) is 3.45. The van der Waals surface area contributed by atoms with Crippen LogP contribution in [0.1, 0.15) is 38.0 Å². The molecule has 0 spiro atoms. The van der Waals surface area contributed by atoms with Crippen LogP contribution in [0, 0.1) is 0 Å². The number of alkyl halides is 3. The van der Waals surface area contributed by atoms with E-state index < -0.39 is 12.7 Å². The predicted octanol–water partition coefficient (Wildman–Crippen LogP) is 3.30. The Morgan fingerprint density at radius 2 is 2.10 bits per heavy atom. The van der Waals surface area contributed by atoms with Crippen molar-refractivity contribution in [1.82, 2.24) is 10.2 Å². The molecule has 1 aromatic heterocycles. The Balaban J connectivity index is 1.96. The highest BCUT2D eigenvalue weighted by molar-refractivity contribution is 5.17. The molecule has 1 saturated carbocycles. The molecule has 6 heteroatoms. The Bertz CT molecular complexity index is 424.